The fraction of sp³-hybridized carbons (Fsp3) is 0.188. The summed E-state index contributed by atoms with van der Waals surface area (Å²) in [4.78, 5) is 12.2. The van der Waals surface area contributed by atoms with Crippen molar-refractivity contribution in [1.29, 1.82) is 0 Å². The van der Waals surface area contributed by atoms with E-state index >= 15 is 0 Å². The van der Waals surface area contributed by atoms with Crippen molar-refractivity contribution in [2.45, 2.75) is 13.3 Å². The highest BCUT2D eigenvalue weighted by Gasteiger charge is 2.15. The molecule has 0 unspecified atom stereocenters. The summed E-state index contributed by atoms with van der Waals surface area (Å²) >= 11 is 0. The maximum absolute atomic E-state index is 12.2. The predicted octanol–water partition coefficient (Wildman–Crippen LogP) is 3.22. The lowest BCUT2D eigenvalue weighted by molar-refractivity contribution is 0.102. The molecule has 104 valence electrons. The first-order chi connectivity index (χ1) is 9.67. The molecule has 0 aliphatic heterocycles. The molecule has 1 amide bonds. The average Bonchev–Trinajstić information content (AvgIpc) is 2.48. The molecule has 0 bridgehead atoms. The van der Waals surface area contributed by atoms with Crippen LogP contribution in [-0.4, -0.2) is 18.1 Å². The topological polar surface area (TPSA) is 58.6 Å². The summed E-state index contributed by atoms with van der Waals surface area (Å²) < 4.78 is 5.00. The summed E-state index contributed by atoms with van der Waals surface area (Å²) in [7, 11) is 1.45. The van der Waals surface area contributed by atoms with Crippen molar-refractivity contribution in [3.8, 4) is 11.5 Å². The van der Waals surface area contributed by atoms with Gasteiger partial charge in [0.15, 0.2) is 11.5 Å². The highest BCUT2D eigenvalue weighted by molar-refractivity contribution is 6.07. The van der Waals surface area contributed by atoms with Crippen LogP contribution in [0.15, 0.2) is 42.5 Å². The van der Waals surface area contributed by atoms with E-state index in [4.69, 9.17) is 4.74 Å². The number of carbonyl (C=O) groups excluding carboxylic acids is 1. The lowest BCUT2D eigenvalue weighted by Gasteiger charge is -2.11. The molecule has 0 spiro atoms. The lowest BCUT2D eigenvalue weighted by atomic mass is 10.1. The molecule has 0 radical (unpaired) electrons. The fourth-order valence-corrected chi connectivity index (χ4v) is 2.01. The van der Waals surface area contributed by atoms with Gasteiger partial charge >= 0.3 is 0 Å². The van der Waals surface area contributed by atoms with Gasteiger partial charge in [-0.3, -0.25) is 4.79 Å². The van der Waals surface area contributed by atoms with Gasteiger partial charge in [-0.25, -0.2) is 0 Å². The van der Waals surface area contributed by atoms with Gasteiger partial charge in [-0.05, 0) is 30.2 Å². The molecule has 2 aromatic carbocycles. The van der Waals surface area contributed by atoms with E-state index in [0.717, 1.165) is 17.7 Å². The molecular weight excluding hydrogens is 254 g/mol. The minimum Gasteiger partial charge on any atom is -0.504 e. The van der Waals surface area contributed by atoms with E-state index in [1.807, 2.05) is 31.2 Å². The summed E-state index contributed by atoms with van der Waals surface area (Å²) in [5.41, 5.74) is 1.99. The third-order valence-corrected chi connectivity index (χ3v) is 3.11. The Morgan fingerprint density at radius 1 is 1.20 bits per heavy atom. The Bertz CT molecular complexity index is 623. The molecular formula is C16H17NO3. The Hall–Kier alpha value is -2.49. The van der Waals surface area contributed by atoms with Gasteiger partial charge in [-0.2, -0.15) is 0 Å². The summed E-state index contributed by atoms with van der Waals surface area (Å²) in [5, 5.41) is 12.8. The Balaban J connectivity index is 2.29. The first-order valence-corrected chi connectivity index (χ1v) is 6.42. The molecule has 0 aliphatic rings. The number of phenolic OH excluding ortho intramolecular Hbond substituents is 1. The third kappa shape index (κ3) is 2.74. The number of nitrogens with one attached hydrogen (secondary N) is 1. The molecule has 0 saturated carbocycles. The van der Waals surface area contributed by atoms with Crippen molar-refractivity contribution in [3.05, 3.63) is 53.6 Å². The van der Waals surface area contributed by atoms with Crippen molar-refractivity contribution >= 4 is 11.6 Å². The highest BCUT2D eigenvalue weighted by Crippen LogP contribution is 2.30. The molecule has 20 heavy (non-hydrogen) atoms. The van der Waals surface area contributed by atoms with E-state index in [2.05, 4.69) is 5.32 Å². The van der Waals surface area contributed by atoms with Gasteiger partial charge in [0.25, 0.3) is 5.91 Å². The summed E-state index contributed by atoms with van der Waals surface area (Å²) in [6, 6.07) is 12.4. The first kappa shape index (κ1) is 13.9. The SMILES string of the molecule is CCc1ccccc1NC(=O)c1cccc(OC)c1O. The number of phenols is 1. The number of ether oxygens (including phenoxy) is 1. The smallest absolute Gasteiger partial charge is 0.259 e. The van der Waals surface area contributed by atoms with Crippen LogP contribution in [0.5, 0.6) is 11.5 Å². The van der Waals surface area contributed by atoms with Gasteiger partial charge in [0.05, 0.1) is 12.7 Å². The van der Waals surface area contributed by atoms with Gasteiger partial charge in [0.2, 0.25) is 0 Å². The monoisotopic (exact) mass is 271 g/mol. The minimum absolute atomic E-state index is 0.151. The van der Waals surface area contributed by atoms with Crippen LogP contribution in [0.1, 0.15) is 22.8 Å². The Kier molecular flexibility index (Phi) is 4.25. The predicted molar refractivity (Wildman–Crippen MR) is 78.4 cm³/mol. The van der Waals surface area contributed by atoms with E-state index in [1.165, 1.54) is 7.11 Å². The van der Waals surface area contributed by atoms with Crippen LogP contribution >= 0.6 is 0 Å². The van der Waals surface area contributed by atoms with Gasteiger partial charge in [0, 0.05) is 5.69 Å². The van der Waals surface area contributed by atoms with E-state index in [-0.39, 0.29) is 23.0 Å². The first-order valence-electron chi connectivity index (χ1n) is 6.42. The summed E-state index contributed by atoms with van der Waals surface area (Å²) in [5.74, 6) is -0.231. The quantitative estimate of drug-likeness (QED) is 0.897. The normalized spacial score (nSPS) is 10.1. The van der Waals surface area contributed by atoms with Crippen LogP contribution in [-0.2, 0) is 6.42 Å². The maximum Gasteiger partial charge on any atom is 0.259 e. The number of aromatic hydroxyl groups is 1. The van der Waals surface area contributed by atoms with E-state index in [1.54, 1.807) is 18.2 Å². The second kappa shape index (κ2) is 6.10. The lowest BCUT2D eigenvalue weighted by Crippen LogP contribution is -2.13. The number of hydrogen-bond acceptors (Lipinski definition) is 3. The summed E-state index contributed by atoms with van der Waals surface area (Å²) in [6.45, 7) is 2.02. The molecule has 0 heterocycles. The van der Waals surface area contributed by atoms with Gasteiger partial charge < -0.3 is 15.2 Å². The van der Waals surface area contributed by atoms with Gasteiger partial charge in [0.1, 0.15) is 0 Å². The van der Waals surface area contributed by atoms with Gasteiger partial charge in [-0.15, -0.1) is 0 Å². The minimum atomic E-state index is -0.359. The molecule has 4 nitrogen and oxygen atoms in total. The standard InChI is InChI=1S/C16H17NO3/c1-3-11-7-4-5-9-13(11)17-16(19)12-8-6-10-14(20-2)15(12)18/h4-10,18H,3H2,1-2H3,(H,17,19). The number of amides is 1. The second-order valence-electron chi connectivity index (χ2n) is 4.32. The number of benzene rings is 2. The molecule has 0 aliphatic carbocycles. The van der Waals surface area contributed by atoms with Crippen LogP contribution in [0.2, 0.25) is 0 Å². The highest BCUT2D eigenvalue weighted by atomic mass is 16.5. The number of hydrogen-bond donors (Lipinski definition) is 2. The largest absolute Gasteiger partial charge is 0.504 e. The van der Waals surface area contributed by atoms with Crippen LogP contribution in [0.25, 0.3) is 0 Å². The molecule has 0 aromatic heterocycles. The van der Waals surface area contributed by atoms with Crippen LogP contribution in [0, 0.1) is 0 Å². The number of para-hydroxylation sites is 2. The van der Waals surface area contributed by atoms with Crippen molar-refractivity contribution in [2.24, 2.45) is 0 Å². The van der Waals surface area contributed by atoms with Crippen molar-refractivity contribution in [1.82, 2.24) is 0 Å². The zero-order chi connectivity index (χ0) is 14.5. The summed E-state index contributed by atoms with van der Waals surface area (Å²) in [6.07, 6.45) is 0.820. The molecule has 0 atom stereocenters. The molecule has 2 aromatic rings. The second-order valence-corrected chi connectivity index (χ2v) is 4.32. The average molecular weight is 271 g/mol. The zero-order valence-corrected chi connectivity index (χ0v) is 11.5. The van der Waals surface area contributed by atoms with Gasteiger partial charge in [-0.1, -0.05) is 31.2 Å². The van der Waals surface area contributed by atoms with Crippen molar-refractivity contribution in [2.75, 3.05) is 12.4 Å². The third-order valence-electron chi connectivity index (χ3n) is 3.11. The maximum atomic E-state index is 12.2. The Morgan fingerprint density at radius 2 is 1.95 bits per heavy atom. The van der Waals surface area contributed by atoms with E-state index in [9.17, 15) is 9.90 Å². The fourth-order valence-electron chi connectivity index (χ4n) is 2.01. The van der Waals surface area contributed by atoms with Crippen LogP contribution < -0.4 is 10.1 Å². The number of anilines is 1. The number of carbonyl (C=O) groups is 1. The zero-order valence-electron chi connectivity index (χ0n) is 11.5. The molecule has 0 saturated heterocycles. The van der Waals surface area contributed by atoms with Crippen LogP contribution in [0.3, 0.4) is 0 Å². The Labute approximate surface area is 118 Å². The molecule has 2 N–H and O–H groups in total. The molecule has 0 fully saturated rings. The molecule has 4 heteroatoms. The van der Waals surface area contributed by atoms with Crippen molar-refractivity contribution in [3.63, 3.8) is 0 Å². The van der Waals surface area contributed by atoms with Crippen molar-refractivity contribution < 1.29 is 14.6 Å². The number of rotatable bonds is 4. The number of methoxy groups -OCH3 is 1. The van der Waals surface area contributed by atoms with Crippen LogP contribution in [0.4, 0.5) is 5.69 Å². The van der Waals surface area contributed by atoms with E-state index < -0.39 is 0 Å². The van der Waals surface area contributed by atoms with E-state index in [0.29, 0.717) is 0 Å². The molecule has 2 rings (SSSR count). The number of aryl methyl sites for hydroxylation is 1. The Morgan fingerprint density at radius 3 is 2.65 bits per heavy atom.